The van der Waals surface area contributed by atoms with Crippen LogP contribution < -0.4 is 9.80 Å². The number of nitrogens with zero attached hydrogens (tertiary/aromatic N) is 5. The summed E-state index contributed by atoms with van der Waals surface area (Å²) in [5.74, 6) is 1.83. The van der Waals surface area contributed by atoms with E-state index in [0.717, 1.165) is 63.3 Å². The van der Waals surface area contributed by atoms with E-state index in [9.17, 15) is 0 Å². The maximum Gasteiger partial charge on any atom is 0.227 e. The summed E-state index contributed by atoms with van der Waals surface area (Å²) in [5, 5.41) is 2.07. The zero-order chi connectivity index (χ0) is 18.7. The Morgan fingerprint density at radius 3 is 2.81 bits per heavy atom. The molecule has 0 saturated carbocycles. The molecule has 0 amide bonds. The molecule has 6 nitrogen and oxygen atoms in total. The van der Waals surface area contributed by atoms with Gasteiger partial charge in [0.1, 0.15) is 5.82 Å². The molecule has 3 rings (SSSR count). The van der Waals surface area contributed by atoms with E-state index in [-0.39, 0.29) is 0 Å². The number of aromatic nitrogens is 3. The van der Waals surface area contributed by atoms with Crippen molar-refractivity contribution in [2.24, 2.45) is 0 Å². The Morgan fingerprint density at radius 2 is 2.04 bits per heavy atom. The number of thiazole rings is 1. The molecule has 1 saturated heterocycles. The summed E-state index contributed by atoms with van der Waals surface area (Å²) in [7, 11) is 0. The maximum atomic E-state index is 5.46. The van der Waals surface area contributed by atoms with Gasteiger partial charge in [0, 0.05) is 44.2 Å². The Bertz CT molecular complexity index is 646. The fraction of sp³-hybridized carbons (Fsp3) is 0.650. The lowest BCUT2D eigenvalue weighted by atomic mass is 10.1. The highest BCUT2D eigenvalue weighted by Crippen LogP contribution is 2.18. The molecule has 27 heavy (non-hydrogen) atoms. The first-order valence-corrected chi connectivity index (χ1v) is 11.0. The number of anilines is 2. The second-order valence-corrected chi connectivity index (χ2v) is 7.55. The van der Waals surface area contributed by atoms with E-state index >= 15 is 0 Å². The summed E-state index contributed by atoms with van der Waals surface area (Å²) >= 11 is 1.53. The Labute approximate surface area is 166 Å². The fourth-order valence-electron chi connectivity index (χ4n) is 3.25. The molecule has 0 aliphatic carbocycles. The third kappa shape index (κ3) is 6.43. The van der Waals surface area contributed by atoms with Crippen molar-refractivity contribution in [3.8, 4) is 0 Å². The molecule has 0 aromatic carbocycles. The predicted octanol–water partition coefficient (Wildman–Crippen LogP) is 3.59. The van der Waals surface area contributed by atoms with Gasteiger partial charge in [0.25, 0.3) is 0 Å². The van der Waals surface area contributed by atoms with E-state index in [1.807, 2.05) is 12.3 Å². The molecule has 3 heterocycles. The molecule has 0 bridgehead atoms. The van der Waals surface area contributed by atoms with Gasteiger partial charge in [-0.05, 0) is 12.5 Å². The summed E-state index contributed by atoms with van der Waals surface area (Å²) in [6.45, 7) is 7.44. The maximum absolute atomic E-state index is 5.46. The summed E-state index contributed by atoms with van der Waals surface area (Å²) in [6, 6.07) is 2.00. The van der Waals surface area contributed by atoms with Gasteiger partial charge in [0.15, 0.2) is 5.51 Å². The van der Waals surface area contributed by atoms with Crippen LogP contribution in [-0.4, -0.2) is 54.3 Å². The van der Waals surface area contributed by atoms with Crippen molar-refractivity contribution in [1.29, 1.82) is 0 Å². The molecule has 7 heteroatoms. The normalized spacial score (nSPS) is 14.5. The van der Waals surface area contributed by atoms with Crippen LogP contribution in [0.5, 0.6) is 0 Å². The van der Waals surface area contributed by atoms with Crippen molar-refractivity contribution < 1.29 is 4.74 Å². The molecule has 1 radical (unpaired) electrons. The van der Waals surface area contributed by atoms with Gasteiger partial charge in [0.2, 0.25) is 5.95 Å². The zero-order valence-electron chi connectivity index (χ0n) is 16.3. The molecular weight excluding hydrogens is 358 g/mol. The van der Waals surface area contributed by atoms with Crippen LogP contribution in [0.2, 0.25) is 0 Å². The minimum absolute atomic E-state index is 0.765. The standard InChI is InChI=1S/C20H30N5OS/c1-2-3-4-5-6-10-25(11-8-18-16-27-17-22-18)20-21-9-7-19(23-20)24-12-14-26-15-13-24/h7,9,16H,2-6,8,10-15H2,1H3. The van der Waals surface area contributed by atoms with Gasteiger partial charge in [-0.3, -0.25) is 0 Å². The third-order valence-corrected chi connectivity index (χ3v) is 5.44. The number of morpholine rings is 1. The summed E-state index contributed by atoms with van der Waals surface area (Å²) in [6.07, 6.45) is 9.12. The van der Waals surface area contributed by atoms with E-state index in [2.05, 4.69) is 37.6 Å². The van der Waals surface area contributed by atoms with Gasteiger partial charge < -0.3 is 14.5 Å². The van der Waals surface area contributed by atoms with Gasteiger partial charge in [-0.25, -0.2) is 9.97 Å². The van der Waals surface area contributed by atoms with Gasteiger partial charge in [-0.2, -0.15) is 4.98 Å². The average Bonchev–Trinajstić information content (AvgIpc) is 3.24. The highest BCUT2D eigenvalue weighted by molar-refractivity contribution is 7.07. The van der Waals surface area contributed by atoms with E-state index in [0.29, 0.717) is 0 Å². The molecule has 1 fully saturated rings. The molecular formula is C20H30N5OS. The molecule has 0 atom stereocenters. The third-order valence-electron chi connectivity index (χ3n) is 4.85. The highest BCUT2D eigenvalue weighted by Gasteiger charge is 2.16. The Balaban J connectivity index is 1.64. The van der Waals surface area contributed by atoms with Gasteiger partial charge in [-0.1, -0.05) is 32.6 Å². The van der Waals surface area contributed by atoms with Crippen LogP contribution >= 0.6 is 11.3 Å². The number of unbranched alkanes of at least 4 members (excludes halogenated alkanes) is 4. The van der Waals surface area contributed by atoms with Crippen LogP contribution in [0.15, 0.2) is 17.6 Å². The van der Waals surface area contributed by atoms with E-state index < -0.39 is 0 Å². The van der Waals surface area contributed by atoms with E-state index in [1.54, 1.807) is 0 Å². The molecule has 1 aliphatic rings. The van der Waals surface area contributed by atoms with Crippen molar-refractivity contribution in [3.05, 3.63) is 28.8 Å². The number of rotatable bonds is 11. The van der Waals surface area contributed by atoms with Crippen LogP contribution in [0.3, 0.4) is 0 Å². The van der Waals surface area contributed by atoms with Crippen molar-refractivity contribution in [2.45, 2.75) is 45.4 Å². The van der Waals surface area contributed by atoms with Gasteiger partial charge in [0.05, 0.1) is 18.9 Å². The van der Waals surface area contributed by atoms with Crippen LogP contribution in [0, 0.1) is 5.51 Å². The van der Waals surface area contributed by atoms with Gasteiger partial charge in [-0.15, -0.1) is 11.3 Å². The van der Waals surface area contributed by atoms with Crippen LogP contribution in [0.1, 0.15) is 44.7 Å². The molecule has 0 unspecified atom stereocenters. The monoisotopic (exact) mass is 388 g/mol. The molecule has 2 aromatic rings. The molecule has 0 spiro atoms. The van der Waals surface area contributed by atoms with Crippen LogP contribution in [0.4, 0.5) is 11.8 Å². The van der Waals surface area contributed by atoms with Crippen LogP contribution in [0.25, 0.3) is 0 Å². The first-order valence-electron chi connectivity index (χ1n) is 10.1. The zero-order valence-corrected chi connectivity index (χ0v) is 17.1. The van der Waals surface area contributed by atoms with Crippen molar-refractivity contribution in [1.82, 2.24) is 15.0 Å². The average molecular weight is 389 g/mol. The smallest absolute Gasteiger partial charge is 0.227 e. The van der Waals surface area contributed by atoms with Crippen molar-refractivity contribution in [2.75, 3.05) is 49.2 Å². The second kappa shape index (κ2) is 11.2. The number of ether oxygens (including phenoxy) is 1. The summed E-state index contributed by atoms with van der Waals surface area (Å²) < 4.78 is 5.46. The highest BCUT2D eigenvalue weighted by atomic mass is 32.1. The topological polar surface area (TPSA) is 54.4 Å². The van der Waals surface area contributed by atoms with Crippen LogP contribution in [-0.2, 0) is 11.2 Å². The quantitative estimate of drug-likeness (QED) is 0.548. The van der Waals surface area contributed by atoms with Crippen molar-refractivity contribution >= 4 is 23.1 Å². The van der Waals surface area contributed by atoms with Crippen molar-refractivity contribution in [3.63, 3.8) is 0 Å². The summed E-state index contributed by atoms with van der Waals surface area (Å²) in [5.41, 5.74) is 4.03. The minimum atomic E-state index is 0.765. The largest absolute Gasteiger partial charge is 0.378 e. The molecule has 1 aliphatic heterocycles. The predicted molar refractivity (Wildman–Crippen MR) is 111 cm³/mol. The lowest BCUT2D eigenvalue weighted by Gasteiger charge is -2.29. The fourth-order valence-corrected chi connectivity index (χ4v) is 3.78. The first kappa shape index (κ1) is 20.0. The Kier molecular flexibility index (Phi) is 8.30. The lowest BCUT2D eigenvalue weighted by Crippen LogP contribution is -2.37. The molecule has 2 aromatic heterocycles. The second-order valence-electron chi connectivity index (χ2n) is 6.90. The Hall–Kier alpha value is -1.73. The van der Waals surface area contributed by atoms with E-state index in [1.165, 1.54) is 43.4 Å². The Morgan fingerprint density at radius 1 is 1.19 bits per heavy atom. The first-order chi connectivity index (χ1) is 13.4. The SMILES string of the molecule is CCCCCCCN(CCc1cs[c]n1)c1nccc(N2CCOCC2)n1. The summed E-state index contributed by atoms with van der Waals surface area (Å²) in [4.78, 5) is 18.3. The number of hydrogen-bond acceptors (Lipinski definition) is 7. The van der Waals surface area contributed by atoms with Gasteiger partial charge >= 0.3 is 0 Å². The minimum Gasteiger partial charge on any atom is -0.378 e. The lowest BCUT2D eigenvalue weighted by molar-refractivity contribution is 0.122. The molecule has 0 N–H and O–H groups in total. The number of hydrogen-bond donors (Lipinski definition) is 0. The molecule has 147 valence electrons. The van der Waals surface area contributed by atoms with E-state index in [4.69, 9.17) is 9.72 Å².